The second-order valence-electron chi connectivity index (χ2n) is 3.50. The second kappa shape index (κ2) is 4.18. The number of hydrogen-bond donors (Lipinski definition) is 1. The minimum absolute atomic E-state index is 0.461. The third kappa shape index (κ3) is 1.82. The van der Waals surface area contributed by atoms with Crippen molar-refractivity contribution in [2.45, 2.75) is 6.92 Å². The van der Waals surface area contributed by atoms with Crippen LogP contribution in [0.2, 0.25) is 0 Å². The van der Waals surface area contributed by atoms with Crippen molar-refractivity contribution in [3.63, 3.8) is 0 Å². The van der Waals surface area contributed by atoms with Crippen molar-refractivity contribution in [1.82, 2.24) is 9.97 Å². The fraction of sp³-hybridized carbons (Fsp3) is 0.167. The highest BCUT2D eigenvalue weighted by atomic mass is 16.5. The minimum atomic E-state index is 0.461. The Hall–Kier alpha value is -2.10. The summed E-state index contributed by atoms with van der Waals surface area (Å²) in [5, 5.41) is 0. The molecule has 0 atom stereocenters. The molecule has 0 unspecified atom stereocenters. The molecule has 16 heavy (non-hydrogen) atoms. The number of methoxy groups -OCH3 is 1. The maximum Gasteiger partial charge on any atom is 0.145 e. The Morgan fingerprint density at radius 3 is 2.88 bits per heavy atom. The van der Waals surface area contributed by atoms with Crippen LogP contribution in [0, 0.1) is 6.92 Å². The first kappa shape index (κ1) is 10.4. The fourth-order valence-electron chi connectivity index (χ4n) is 1.53. The highest BCUT2D eigenvalue weighted by Crippen LogP contribution is 2.30. The van der Waals surface area contributed by atoms with Gasteiger partial charge < -0.3 is 10.5 Å². The highest BCUT2D eigenvalue weighted by molar-refractivity contribution is 5.75. The van der Waals surface area contributed by atoms with Gasteiger partial charge in [0.1, 0.15) is 17.3 Å². The summed E-state index contributed by atoms with van der Waals surface area (Å²) in [6, 6.07) is 5.62. The van der Waals surface area contributed by atoms with Crippen LogP contribution in [0.25, 0.3) is 11.3 Å². The quantitative estimate of drug-likeness (QED) is 0.832. The van der Waals surface area contributed by atoms with Crippen LogP contribution in [0.1, 0.15) is 5.56 Å². The molecule has 4 heteroatoms. The van der Waals surface area contributed by atoms with Crippen LogP contribution < -0.4 is 10.5 Å². The molecule has 4 nitrogen and oxygen atoms in total. The molecule has 0 amide bonds. The van der Waals surface area contributed by atoms with Gasteiger partial charge in [0.15, 0.2) is 0 Å². The van der Waals surface area contributed by atoms with Crippen molar-refractivity contribution in [2.24, 2.45) is 0 Å². The summed E-state index contributed by atoms with van der Waals surface area (Å²) >= 11 is 0. The first-order valence-corrected chi connectivity index (χ1v) is 4.94. The third-order valence-corrected chi connectivity index (χ3v) is 2.30. The molecule has 2 N–H and O–H groups in total. The normalized spacial score (nSPS) is 10.1. The van der Waals surface area contributed by atoms with Crippen molar-refractivity contribution in [3.8, 4) is 17.0 Å². The monoisotopic (exact) mass is 215 g/mol. The maximum absolute atomic E-state index is 5.84. The predicted octanol–water partition coefficient (Wildman–Crippen LogP) is 2.04. The van der Waals surface area contributed by atoms with E-state index in [1.54, 1.807) is 19.5 Å². The first-order chi connectivity index (χ1) is 7.72. The topological polar surface area (TPSA) is 61.0 Å². The van der Waals surface area contributed by atoms with E-state index in [0.29, 0.717) is 11.6 Å². The molecular weight excluding hydrogens is 202 g/mol. The number of anilines is 1. The lowest BCUT2D eigenvalue weighted by atomic mass is 10.1. The molecule has 0 aliphatic rings. The molecule has 0 aromatic carbocycles. The van der Waals surface area contributed by atoms with E-state index >= 15 is 0 Å². The Kier molecular flexibility index (Phi) is 2.72. The van der Waals surface area contributed by atoms with Crippen LogP contribution in [-0.4, -0.2) is 17.1 Å². The van der Waals surface area contributed by atoms with Crippen LogP contribution in [0.15, 0.2) is 30.6 Å². The molecular formula is C12H13N3O. The van der Waals surface area contributed by atoms with Gasteiger partial charge in [0.05, 0.1) is 7.11 Å². The SMILES string of the molecule is COc1cccnc1-c1cc(C)cnc1N. The summed E-state index contributed by atoms with van der Waals surface area (Å²) in [4.78, 5) is 8.39. The first-order valence-electron chi connectivity index (χ1n) is 4.94. The van der Waals surface area contributed by atoms with E-state index in [4.69, 9.17) is 10.5 Å². The van der Waals surface area contributed by atoms with Gasteiger partial charge in [0, 0.05) is 18.0 Å². The van der Waals surface area contributed by atoms with Crippen molar-refractivity contribution >= 4 is 5.82 Å². The molecule has 82 valence electrons. The largest absolute Gasteiger partial charge is 0.494 e. The maximum atomic E-state index is 5.84. The number of nitrogens with two attached hydrogens (primary N) is 1. The van der Waals surface area contributed by atoms with Gasteiger partial charge in [-0.15, -0.1) is 0 Å². The molecule has 2 heterocycles. The van der Waals surface area contributed by atoms with Gasteiger partial charge in [-0.05, 0) is 30.7 Å². The number of aromatic nitrogens is 2. The summed E-state index contributed by atoms with van der Waals surface area (Å²) in [7, 11) is 1.61. The van der Waals surface area contributed by atoms with Crippen LogP contribution in [0.3, 0.4) is 0 Å². The van der Waals surface area contributed by atoms with Crippen molar-refractivity contribution in [1.29, 1.82) is 0 Å². The number of pyridine rings is 2. The van der Waals surface area contributed by atoms with E-state index in [1.807, 2.05) is 25.1 Å². The van der Waals surface area contributed by atoms with Crippen LogP contribution >= 0.6 is 0 Å². The van der Waals surface area contributed by atoms with E-state index in [1.165, 1.54) is 0 Å². The van der Waals surface area contributed by atoms with Crippen LogP contribution in [0.5, 0.6) is 5.75 Å². The second-order valence-corrected chi connectivity index (χ2v) is 3.50. The standard InChI is InChI=1S/C12H13N3O/c1-8-6-9(12(13)15-7-8)11-10(16-2)4-3-5-14-11/h3-7H,1-2H3,(H2,13,15). The summed E-state index contributed by atoms with van der Waals surface area (Å²) < 4.78 is 5.25. The van der Waals surface area contributed by atoms with Crippen molar-refractivity contribution < 1.29 is 4.74 Å². The lowest BCUT2D eigenvalue weighted by molar-refractivity contribution is 0.415. The molecule has 0 saturated heterocycles. The smallest absolute Gasteiger partial charge is 0.145 e. The molecule has 0 spiro atoms. The zero-order valence-electron chi connectivity index (χ0n) is 9.27. The molecule has 2 rings (SSSR count). The lowest BCUT2D eigenvalue weighted by Crippen LogP contribution is -1.98. The Balaban J connectivity index is 2.62. The number of ether oxygens (including phenoxy) is 1. The number of nitrogens with zero attached hydrogens (tertiary/aromatic N) is 2. The minimum Gasteiger partial charge on any atom is -0.494 e. The molecule has 0 aliphatic heterocycles. The lowest BCUT2D eigenvalue weighted by Gasteiger charge is -2.09. The Morgan fingerprint density at radius 2 is 2.12 bits per heavy atom. The van der Waals surface area contributed by atoms with Gasteiger partial charge in [0.25, 0.3) is 0 Å². The molecule has 2 aromatic rings. The third-order valence-electron chi connectivity index (χ3n) is 2.30. The summed E-state index contributed by atoms with van der Waals surface area (Å²) in [5.74, 6) is 1.16. The van der Waals surface area contributed by atoms with Crippen molar-refractivity contribution in [3.05, 3.63) is 36.2 Å². The summed E-state index contributed by atoms with van der Waals surface area (Å²) in [6.07, 6.45) is 3.44. The van der Waals surface area contributed by atoms with Crippen LogP contribution in [0.4, 0.5) is 5.82 Å². The molecule has 0 saturated carbocycles. The average molecular weight is 215 g/mol. The van der Waals surface area contributed by atoms with Gasteiger partial charge in [0.2, 0.25) is 0 Å². The van der Waals surface area contributed by atoms with E-state index in [-0.39, 0.29) is 0 Å². The molecule has 0 aliphatic carbocycles. The zero-order chi connectivity index (χ0) is 11.5. The number of hydrogen-bond acceptors (Lipinski definition) is 4. The number of nitrogen functional groups attached to an aromatic ring is 1. The summed E-state index contributed by atoms with van der Waals surface area (Å²) in [5.41, 5.74) is 8.40. The van der Waals surface area contributed by atoms with Gasteiger partial charge in [-0.1, -0.05) is 0 Å². The van der Waals surface area contributed by atoms with Crippen molar-refractivity contribution in [2.75, 3.05) is 12.8 Å². The van der Waals surface area contributed by atoms with Gasteiger partial charge in [-0.3, -0.25) is 4.98 Å². The van der Waals surface area contributed by atoms with E-state index in [9.17, 15) is 0 Å². The molecule has 0 bridgehead atoms. The Bertz CT molecular complexity index is 511. The fourth-order valence-corrected chi connectivity index (χ4v) is 1.53. The van der Waals surface area contributed by atoms with E-state index in [2.05, 4.69) is 9.97 Å². The summed E-state index contributed by atoms with van der Waals surface area (Å²) in [6.45, 7) is 1.96. The zero-order valence-corrected chi connectivity index (χ0v) is 9.27. The Labute approximate surface area is 94.1 Å². The van der Waals surface area contributed by atoms with E-state index < -0.39 is 0 Å². The van der Waals surface area contributed by atoms with Gasteiger partial charge in [-0.2, -0.15) is 0 Å². The van der Waals surface area contributed by atoms with Gasteiger partial charge in [-0.25, -0.2) is 4.98 Å². The van der Waals surface area contributed by atoms with Gasteiger partial charge >= 0.3 is 0 Å². The molecule has 0 radical (unpaired) electrons. The van der Waals surface area contributed by atoms with Crippen LogP contribution in [-0.2, 0) is 0 Å². The predicted molar refractivity (Wildman–Crippen MR) is 63.2 cm³/mol. The number of aryl methyl sites for hydroxylation is 1. The highest BCUT2D eigenvalue weighted by Gasteiger charge is 2.10. The molecule has 2 aromatic heterocycles. The average Bonchev–Trinajstić information content (AvgIpc) is 2.32. The molecule has 0 fully saturated rings. The van der Waals surface area contributed by atoms with E-state index in [0.717, 1.165) is 16.8 Å². The number of rotatable bonds is 2. The Morgan fingerprint density at radius 1 is 1.31 bits per heavy atom.